The molecule has 0 bridgehead atoms. The van der Waals surface area contributed by atoms with Crippen LogP contribution in [0.4, 0.5) is 0 Å². The van der Waals surface area contributed by atoms with Crippen molar-refractivity contribution in [2.75, 3.05) is 13.7 Å². The second-order valence-corrected chi connectivity index (χ2v) is 2.82. The Hall–Kier alpha value is -1.86. The minimum atomic E-state index is -0.187. The zero-order valence-corrected chi connectivity index (χ0v) is 8.45. The fraction of sp³-hybridized carbons (Fsp3) is 0.273. The van der Waals surface area contributed by atoms with E-state index in [1.165, 1.54) is 6.20 Å². The third kappa shape index (κ3) is 3.41. The maximum atomic E-state index is 11.3. The van der Waals surface area contributed by atoms with Crippen molar-refractivity contribution < 1.29 is 9.90 Å². The maximum absolute atomic E-state index is 11.3. The van der Waals surface area contributed by atoms with Gasteiger partial charge in [0.05, 0.1) is 12.2 Å². The largest absolute Gasteiger partial charge is 0.395 e. The Kier molecular flexibility index (Phi) is 4.32. The SMILES string of the molecule is CNC(=O)c1cncc(C#CCCO)c1. The van der Waals surface area contributed by atoms with Crippen LogP contribution in [0.2, 0.25) is 0 Å². The molecule has 1 heterocycles. The summed E-state index contributed by atoms with van der Waals surface area (Å²) in [6, 6.07) is 1.66. The van der Waals surface area contributed by atoms with Gasteiger partial charge in [0.15, 0.2) is 0 Å². The van der Waals surface area contributed by atoms with Crippen molar-refractivity contribution >= 4 is 5.91 Å². The highest BCUT2D eigenvalue weighted by atomic mass is 16.2. The van der Waals surface area contributed by atoms with Crippen molar-refractivity contribution in [1.29, 1.82) is 0 Å². The number of rotatable bonds is 2. The Morgan fingerprint density at radius 1 is 1.60 bits per heavy atom. The van der Waals surface area contributed by atoms with Crippen molar-refractivity contribution in [2.45, 2.75) is 6.42 Å². The van der Waals surface area contributed by atoms with Gasteiger partial charge in [0.2, 0.25) is 0 Å². The van der Waals surface area contributed by atoms with Crippen molar-refractivity contribution in [3.05, 3.63) is 29.6 Å². The normalized spacial score (nSPS) is 8.93. The van der Waals surface area contributed by atoms with E-state index in [4.69, 9.17) is 5.11 Å². The minimum absolute atomic E-state index is 0.0373. The topological polar surface area (TPSA) is 62.2 Å². The van der Waals surface area contributed by atoms with E-state index in [1.54, 1.807) is 19.3 Å². The Labute approximate surface area is 88.3 Å². The van der Waals surface area contributed by atoms with Crippen molar-refractivity contribution in [3.63, 3.8) is 0 Å². The molecular formula is C11H12N2O2. The molecule has 4 heteroatoms. The van der Waals surface area contributed by atoms with Gasteiger partial charge in [-0.25, -0.2) is 0 Å². The summed E-state index contributed by atoms with van der Waals surface area (Å²) >= 11 is 0. The van der Waals surface area contributed by atoms with Gasteiger partial charge in [-0.1, -0.05) is 11.8 Å². The van der Waals surface area contributed by atoms with E-state index in [0.717, 1.165) is 0 Å². The molecule has 0 aliphatic heterocycles. The minimum Gasteiger partial charge on any atom is -0.395 e. The lowest BCUT2D eigenvalue weighted by atomic mass is 10.2. The molecule has 0 aliphatic carbocycles. The summed E-state index contributed by atoms with van der Waals surface area (Å²) in [4.78, 5) is 15.2. The van der Waals surface area contributed by atoms with Gasteiger partial charge in [0.1, 0.15) is 0 Å². The van der Waals surface area contributed by atoms with Gasteiger partial charge in [-0.2, -0.15) is 0 Å². The van der Waals surface area contributed by atoms with E-state index in [1.807, 2.05) is 0 Å². The molecule has 0 aliphatic rings. The Balaban J connectivity index is 2.84. The van der Waals surface area contributed by atoms with Crippen molar-refractivity contribution in [3.8, 4) is 11.8 Å². The highest BCUT2D eigenvalue weighted by Crippen LogP contribution is 2.01. The lowest BCUT2D eigenvalue weighted by Crippen LogP contribution is -2.17. The molecule has 0 spiro atoms. The smallest absolute Gasteiger partial charge is 0.252 e. The first kappa shape index (κ1) is 11.2. The van der Waals surface area contributed by atoms with Crippen LogP contribution in [0.15, 0.2) is 18.5 Å². The zero-order valence-electron chi connectivity index (χ0n) is 8.45. The summed E-state index contributed by atoms with van der Waals surface area (Å²) < 4.78 is 0. The number of pyridine rings is 1. The number of hydrogen-bond acceptors (Lipinski definition) is 3. The molecular weight excluding hydrogens is 192 g/mol. The van der Waals surface area contributed by atoms with Gasteiger partial charge in [0.25, 0.3) is 5.91 Å². The Morgan fingerprint density at radius 2 is 2.40 bits per heavy atom. The molecule has 1 aromatic rings. The highest BCUT2D eigenvalue weighted by molar-refractivity contribution is 5.93. The lowest BCUT2D eigenvalue weighted by Gasteiger charge is -1.98. The van der Waals surface area contributed by atoms with Crippen molar-refractivity contribution in [1.82, 2.24) is 10.3 Å². The summed E-state index contributed by atoms with van der Waals surface area (Å²) in [5.74, 6) is 5.39. The Bertz CT molecular complexity index is 405. The molecule has 0 aromatic carbocycles. The van der Waals surface area contributed by atoms with Crippen LogP contribution in [0.3, 0.4) is 0 Å². The number of carbonyl (C=O) groups is 1. The number of aromatic nitrogens is 1. The van der Waals surface area contributed by atoms with E-state index in [-0.39, 0.29) is 12.5 Å². The fourth-order valence-electron chi connectivity index (χ4n) is 0.997. The summed E-state index contributed by atoms with van der Waals surface area (Å²) in [6.07, 6.45) is 3.48. The number of nitrogens with zero attached hydrogens (tertiary/aromatic N) is 1. The second kappa shape index (κ2) is 5.78. The monoisotopic (exact) mass is 204 g/mol. The number of aliphatic hydroxyl groups is 1. The van der Waals surface area contributed by atoms with E-state index in [0.29, 0.717) is 17.5 Å². The lowest BCUT2D eigenvalue weighted by molar-refractivity contribution is 0.0962. The van der Waals surface area contributed by atoms with Crippen LogP contribution < -0.4 is 5.32 Å². The van der Waals surface area contributed by atoms with Gasteiger partial charge >= 0.3 is 0 Å². The molecule has 15 heavy (non-hydrogen) atoms. The molecule has 0 atom stereocenters. The quantitative estimate of drug-likeness (QED) is 0.675. The van der Waals surface area contributed by atoms with Crippen LogP contribution in [-0.4, -0.2) is 29.7 Å². The van der Waals surface area contributed by atoms with Crippen LogP contribution in [-0.2, 0) is 0 Å². The van der Waals surface area contributed by atoms with Crippen LogP contribution in [0.1, 0.15) is 22.3 Å². The molecule has 1 aromatic heterocycles. The molecule has 0 saturated heterocycles. The third-order valence-corrected chi connectivity index (χ3v) is 1.70. The summed E-state index contributed by atoms with van der Waals surface area (Å²) in [6.45, 7) is 0.0373. The van der Waals surface area contributed by atoms with Gasteiger partial charge in [-0.05, 0) is 6.07 Å². The first-order valence-electron chi connectivity index (χ1n) is 4.55. The van der Waals surface area contributed by atoms with E-state index in [9.17, 15) is 4.79 Å². The number of amides is 1. The van der Waals surface area contributed by atoms with Crippen LogP contribution in [0, 0.1) is 11.8 Å². The fourth-order valence-corrected chi connectivity index (χ4v) is 0.997. The van der Waals surface area contributed by atoms with Crippen LogP contribution >= 0.6 is 0 Å². The molecule has 0 fully saturated rings. The first-order valence-corrected chi connectivity index (χ1v) is 4.55. The van der Waals surface area contributed by atoms with Crippen LogP contribution in [0.25, 0.3) is 0 Å². The second-order valence-electron chi connectivity index (χ2n) is 2.82. The molecule has 1 rings (SSSR count). The molecule has 1 amide bonds. The van der Waals surface area contributed by atoms with Gasteiger partial charge < -0.3 is 10.4 Å². The van der Waals surface area contributed by atoms with E-state index >= 15 is 0 Å². The molecule has 78 valence electrons. The summed E-state index contributed by atoms with van der Waals surface area (Å²) in [5.41, 5.74) is 1.15. The maximum Gasteiger partial charge on any atom is 0.252 e. The van der Waals surface area contributed by atoms with Crippen LogP contribution in [0.5, 0.6) is 0 Å². The predicted molar refractivity (Wildman–Crippen MR) is 56.2 cm³/mol. The van der Waals surface area contributed by atoms with Gasteiger partial charge in [0, 0.05) is 31.4 Å². The van der Waals surface area contributed by atoms with E-state index in [2.05, 4.69) is 22.1 Å². The first-order chi connectivity index (χ1) is 7.27. The average Bonchev–Trinajstić information content (AvgIpc) is 2.29. The standard InChI is InChI=1S/C11H12N2O2/c1-12-11(15)10-6-9(7-13-8-10)4-2-3-5-14/h6-8,14H,3,5H2,1H3,(H,12,15). The number of aliphatic hydroxyl groups excluding tert-OH is 1. The highest BCUT2D eigenvalue weighted by Gasteiger charge is 2.02. The Morgan fingerprint density at radius 3 is 3.07 bits per heavy atom. The molecule has 0 saturated carbocycles. The molecule has 4 nitrogen and oxygen atoms in total. The number of carbonyl (C=O) groups excluding carboxylic acids is 1. The van der Waals surface area contributed by atoms with Crippen molar-refractivity contribution in [2.24, 2.45) is 0 Å². The number of hydrogen-bond donors (Lipinski definition) is 2. The summed E-state index contributed by atoms with van der Waals surface area (Å²) in [5, 5.41) is 11.1. The summed E-state index contributed by atoms with van der Waals surface area (Å²) in [7, 11) is 1.56. The third-order valence-electron chi connectivity index (χ3n) is 1.70. The molecule has 0 radical (unpaired) electrons. The van der Waals surface area contributed by atoms with Gasteiger partial charge in [-0.3, -0.25) is 9.78 Å². The van der Waals surface area contributed by atoms with E-state index < -0.39 is 0 Å². The molecule has 2 N–H and O–H groups in total. The predicted octanol–water partition coefficient (Wildman–Crippen LogP) is 0.175. The zero-order chi connectivity index (χ0) is 11.1. The molecule has 0 unspecified atom stereocenters. The van der Waals surface area contributed by atoms with Gasteiger partial charge in [-0.15, -0.1) is 0 Å². The average molecular weight is 204 g/mol. The number of nitrogens with one attached hydrogen (secondary N) is 1.